The summed E-state index contributed by atoms with van der Waals surface area (Å²) in [6, 6.07) is 14.4. The van der Waals surface area contributed by atoms with Crippen LogP contribution in [0.1, 0.15) is 76.1 Å². The highest BCUT2D eigenvalue weighted by Crippen LogP contribution is 2.40. The number of aliphatic hydroxyl groups is 1. The van der Waals surface area contributed by atoms with Crippen LogP contribution in [0.15, 0.2) is 54.1 Å². The lowest BCUT2D eigenvalue weighted by atomic mass is 9.93. The number of ketones is 1. The molecule has 2 aromatic carbocycles. The van der Waals surface area contributed by atoms with Crippen LogP contribution in [0.2, 0.25) is 0 Å². The lowest BCUT2D eigenvalue weighted by Crippen LogP contribution is -2.38. The minimum Gasteiger partial charge on any atom is -0.507 e. The monoisotopic (exact) mass is 492 g/mol. The molecule has 6 nitrogen and oxygen atoms in total. The SMILES string of the molecule is CCCCOc1cccc(/C(O)=C2\C(=O)C(=O)N(CCN(CC)CC)C2c2ccc(C(C)C)cc2)c1. The van der Waals surface area contributed by atoms with Crippen LogP contribution >= 0.6 is 0 Å². The number of aliphatic hydroxyl groups excluding tert-OH is 1. The molecule has 0 radical (unpaired) electrons. The van der Waals surface area contributed by atoms with Crippen LogP contribution in [0, 0.1) is 0 Å². The third kappa shape index (κ3) is 6.16. The van der Waals surface area contributed by atoms with Crippen LogP contribution in [0.4, 0.5) is 0 Å². The van der Waals surface area contributed by atoms with Gasteiger partial charge in [0.1, 0.15) is 11.5 Å². The average Bonchev–Trinajstić information content (AvgIpc) is 3.14. The Hall–Kier alpha value is -3.12. The average molecular weight is 493 g/mol. The largest absolute Gasteiger partial charge is 0.507 e. The third-order valence-corrected chi connectivity index (χ3v) is 6.88. The lowest BCUT2D eigenvalue weighted by molar-refractivity contribution is -0.140. The first kappa shape index (κ1) is 27.5. The number of hydrogen-bond donors (Lipinski definition) is 1. The smallest absolute Gasteiger partial charge is 0.295 e. The molecule has 1 saturated heterocycles. The summed E-state index contributed by atoms with van der Waals surface area (Å²) in [5.74, 6) is -0.401. The summed E-state index contributed by atoms with van der Waals surface area (Å²) < 4.78 is 5.80. The molecule has 0 bridgehead atoms. The normalized spacial score (nSPS) is 17.4. The highest BCUT2D eigenvalue weighted by Gasteiger charge is 2.46. The van der Waals surface area contributed by atoms with Gasteiger partial charge in [-0.05, 0) is 48.7 Å². The Labute approximate surface area is 215 Å². The molecule has 2 aromatic rings. The molecule has 1 heterocycles. The van der Waals surface area contributed by atoms with Gasteiger partial charge in [0.15, 0.2) is 0 Å². The quantitative estimate of drug-likeness (QED) is 0.177. The standard InChI is InChI=1S/C30H40N2O4/c1-6-9-19-36-25-12-10-11-24(20-25)28(33)26-27(23-15-13-22(14-16-23)21(4)5)32(30(35)29(26)34)18-17-31(7-2)8-3/h10-16,20-21,27,33H,6-9,17-19H2,1-5H3/b28-26+. The topological polar surface area (TPSA) is 70.1 Å². The van der Waals surface area contributed by atoms with E-state index in [9.17, 15) is 14.7 Å². The minimum atomic E-state index is -0.651. The zero-order valence-electron chi connectivity index (χ0n) is 22.3. The fraction of sp³-hybridized carbons (Fsp3) is 0.467. The van der Waals surface area contributed by atoms with E-state index < -0.39 is 17.7 Å². The third-order valence-electron chi connectivity index (χ3n) is 6.88. The second kappa shape index (κ2) is 12.7. The van der Waals surface area contributed by atoms with E-state index >= 15 is 0 Å². The number of carbonyl (C=O) groups is 2. The summed E-state index contributed by atoms with van der Waals surface area (Å²) in [6.45, 7) is 13.9. The number of carbonyl (C=O) groups excluding carboxylic acids is 2. The van der Waals surface area contributed by atoms with Crippen molar-refractivity contribution in [2.24, 2.45) is 0 Å². The van der Waals surface area contributed by atoms with Gasteiger partial charge in [0, 0.05) is 18.7 Å². The van der Waals surface area contributed by atoms with Gasteiger partial charge in [0.2, 0.25) is 0 Å². The van der Waals surface area contributed by atoms with Crippen LogP contribution < -0.4 is 4.74 Å². The van der Waals surface area contributed by atoms with Crippen LogP contribution in [-0.2, 0) is 9.59 Å². The molecule has 3 rings (SSSR count). The van der Waals surface area contributed by atoms with E-state index in [0.29, 0.717) is 36.9 Å². The molecular weight excluding hydrogens is 452 g/mol. The Morgan fingerprint density at radius 1 is 1.06 bits per heavy atom. The van der Waals surface area contributed by atoms with Gasteiger partial charge in [-0.25, -0.2) is 0 Å². The van der Waals surface area contributed by atoms with Crippen molar-refractivity contribution in [2.45, 2.75) is 59.4 Å². The Morgan fingerprint density at radius 3 is 2.36 bits per heavy atom. The zero-order chi connectivity index (χ0) is 26.2. The molecule has 1 amide bonds. The van der Waals surface area contributed by atoms with Crippen LogP contribution in [0.5, 0.6) is 5.75 Å². The van der Waals surface area contributed by atoms with E-state index in [-0.39, 0.29) is 11.3 Å². The van der Waals surface area contributed by atoms with Crippen molar-refractivity contribution in [3.05, 3.63) is 70.8 Å². The molecule has 194 valence electrons. The van der Waals surface area contributed by atoms with Crippen molar-refractivity contribution in [3.63, 3.8) is 0 Å². The van der Waals surface area contributed by atoms with Crippen molar-refractivity contribution >= 4 is 17.4 Å². The van der Waals surface area contributed by atoms with Gasteiger partial charge >= 0.3 is 0 Å². The molecule has 1 atom stereocenters. The highest BCUT2D eigenvalue weighted by molar-refractivity contribution is 6.46. The van der Waals surface area contributed by atoms with Gasteiger partial charge in [0.05, 0.1) is 18.2 Å². The van der Waals surface area contributed by atoms with Crippen LogP contribution in [0.3, 0.4) is 0 Å². The lowest BCUT2D eigenvalue weighted by Gasteiger charge is -2.28. The maximum Gasteiger partial charge on any atom is 0.295 e. The van der Waals surface area contributed by atoms with E-state index in [1.807, 2.05) is 30.3 Å². The van der Waals surface area contributed by atoms with E-state index in [0.717, 1.165) is 31.5 Å². The van der Waals surface area contributed by atoms with Gasteiger partial charge in [-0.15, -0.1) is 0 Å². The summed E-state index contributed by atoms with van der Waals surface area (Å²) in [4.78, 5) is 30.4. The second-order valence-electron chi connectivity index (χ2n) is 9.57. The van der Waals surface area contributed by atoms with Gasteiger partial charge in [-0.3, -0.25) is 9.59 Å². The number of nitrogens with zero attached hydrogens (tertiary/aromatic N) is 2. The van der Waals surface area contributed by atoms with Crippen molar-refractivity contribution in [2.75, 3.05) is 32.8 Å². The molecule has 0 spiro atoms. The number of unbranched alkanes of at least 4 members (excludes halogenated alkanes) is 1. The molecular formula is C30H40N2O4. The molecule has 1 fully saturated rings. The molecule has 1 aliphatic rings. The minimum absolute atomic E-state index is 0.127. The van der Waals surface area contributed by atoms with E-state index in [1.165, 1.54) is 5.56 Å². The predicted octanol–water partition coefficient (Wildman–Crippen LogP) is 5.75. The number of ether oxygens (including phenoxy) is 1. The van der Waals surface area contributed by atoms with E-state index in [2.05, 4.69) is 39.5 Å². The first-order valence-corrected chi connectivity index (χ1v) is 13.2. The fourth-order valence-electron chi connectivity index (χ4n) is 4.53. The summed E-state index contributed by atoms with van der Waals surface area (Å²) in [5.41, 5.74) is 2.59. The fourth-order valence-corrected chi connectivity index (χ4v) is 4.53. The van der Waals surface area contributed by atoms with Gasteiger partial charge < -0.3 is 19.6 Å². The maximum atomic E-state index is 13.3. The summed E-state index contributed by atoms with van der Waals surface area (Å²) in [7, 11) is 0. The number of amides is 1. The van der Waals surface area contributed by atoms with Gasteiger partial charge in [0.25, 0.3) is 11.7 Å². The molecule has 0 aromatic heterocycles. The molecule has 1 aliphatic heterocycles. The second-order valence-corrected chi connectivity index (χ2v) is 9.57. The number of likely N-dealkylation sites (tertiary alicyclic amines) is 1. The number of likely N-dealkylation sites (N-methyl/N-ethyl adjacent to an activating group) is 1. The Kier molecular flexibility index (Phi) is 9.71. The Balaban J connectivity index is 2.05. The van der Waals surface area contributed by atoms with Gasteiger partial charge in [-0.2, -0.15) is 0 Å². The van der Waals surface area contributed by atoms with E-state index in [4.69, 9.17) is 4.74 Å². The summed E-state index contributed by atoms with van der Waals surface area (Å²) >= 11 is 0. The number of hydrogen-bond acceptors (Lipinski definition) is 5. The molecule has 0 aliphatic carbocycles. The van der Waals surface area contributed by atoms with Crippen LogP contribution in [-0.4, -0.2) is 59.4 Å². The molecule has 36 heavy (non-hydrogen) atoms. The number of rotatable bonds is 12. The Bertz CT molecular complexity index is 1070. The zero-order valence-corrected chi connectivity index (χ0v) is 22.3. The Morgan fingerprint density at radius 2 is 1.75 bits per heavy atom. The maximum absolute atomic E-state index is 13.3. The van der Waals surface area contributed by atoms with Crippen LogP contribution in [0.25, 0.3) is 5.76 Å². The first-order valence-electron chi connectivity index (χ1n) is 13.2. The summed E-state index contributed by atoms with van der Waals surface area (Å²) in [6.07, 6.45) is 1.95. The number of Topliss-reactive ketones (excluding diaryl/α,β-unsaturated/α-hetero) is 1. The van der Waals surface area contributed by atoms with Crippen molar-refractivity contribution < 1.29 is 19.4 Å². The summed E-state index contributed by atoms with van der Waals surface area (Å²) in [5, 5.41) is 11.4. The van der Waals surface area contributed by atoms with Crippen molar-refractivity contribution in [1.82, 2.24) is 9.80 Å². The van der Waals surface area contributed by atoms with Crippen molar-refractivity contribution in [1.29, 1.82) is 0 Å². The molecule has 1 N–H and O–H groups in total. The highest BCUT2D eigenvalue weighted by atomic mass is 16.5. The molecule has 1 unspecified atom stereocenters. The predicted molar refractivity (Wildman–Crippen MR) is 144 cm³/mol. The first-order chi connectivity index (χ1) is 17.3. The van der Waals surface area contributed by atoms with Gasteiger partial charge in [-0.1, -0.05) is 77.4 Å². The van der Waals surface area contributed by atoms with Crippen molar-refractivity contribution in [3.8, 4) is 5.75 Å². The number of benzene rings is 2. The van der Waals surface area contributed by atoms with E-state index in [1.54, 1.807) is 23.1 Å². The molecule has 0 saturated carbocycles. The molecule has 6 heteroatoms.